The fourth-order valence-corrected chi connectivity index (χ4v) is 10.3. The highest BCUT2D eigenvalue weighted by Gasteiger charge is 2.68. The number of hydroxylamine groups is 2. The molecule has 2 aliphatic carbocycles. The zero-order valence-corrected chi connectivity index (χ0v) is 28.6. The van der Waals surface area contributed by atoms with E-state index in [0.717, 1.165) is 26.1 Å². The maximum atomic E-state index is 14.9. The molecule has 0 bridgehead atoms. The Morgan fingerprint density at radius 2 is 1.88 bits per heavy atom. The predicted octanol–water partition coefficient (Wildman–Crippen LogP) is 6.32. The zero-order chi connectivity index (χ0) is 34.7. The highest BCUT2D eigenvalue weighted by atomic mass is 35.5. The summed E-state index contributed by atoms with van der Waals surface area (Å²) >= 11 is 7.83. The summed E-state index contributed by atoms with van der Waals surface area (Å²) in [5.74, 6) is -5.88. The first-order valence-electron chi connectivity index (χ1n) is 16.2. The average Bonchev–Trinajstić information content (AvgIpc) is 3.73. The number of aryl methyl sites for hydroxylation is 2. The van der Waals surface area contributed by atoms with Crippen LogP contribution in [0.2, 0.25) is 5.02 Å². The minimum atomic E-state index is -1.35. The normalized spacial score (nSPS) is 27.9. The van der Waals surface area contributed by atoms with E-state index in [4.69, 9.17) is 16.7 Å². The number of nitrogens with zero attached hydrogens (tertiary/aromatic N) is 4. The van der Waals surface area contributed by atoms with Crippen LogP contribution in [-0.2, 0) is 32.6 Å². The van der Waals surface area contributed by atoms with Crippen LogP contribution in [0.25, 0.3) is 20.7 Å². The average molecular weight is 697 g/mol. The first-order chi connectivity index (χ1) is 23.4. The van der Waals surface area contributed by atoms with Crippen molar-refractivity contribution in [3.63, 3.8) is 0 Å². The molecule has 4 aliphatic rings. The second-order valence-corrected chi connectivity index (χ2v) is 15.2. The van der Waals surface area contributed by atoms with Crippen LogP contribution < -0.4 is 4.90 Å². The van der Waals surface area contributed by atoms with Gasteiger partial charge in [-0.15, -0.1) is 17.9 Å². The Kier molecular flexibility index (Phi) is 7.09. The Hall–Kier alpha value is -4.58. The topological polar surface area (TPSA) is 133 Å². The van der Waals surface area contributed by atoms with Gasteiger partial charge in [0.1, 0.15) is 17.3 Å². The van der Waals surface area contributed by atoms with E-state index in [9.17, 15) is 29.5 Å². The van der Waals surface area contributed by atoms with Gasteiger partial charge in [-0.1, -0.05) is 47.5 Å². The summed E-state index contributed by atoms with van der Waals surface area (Å²) in [6.07, 6.45) is 4.25. The van der Waals surface area contributed by atoms with E-state index in [1.54, 1.807) is 55.6 Å². The van der Waals surface area contributed by atoms with Crippen molar-refractivity contribution in [2.24, 2.45) is 36.1 Å². The molecular weight excluding hydrogens is 664 g/mol. The second kappa shape index (κ2) is 11.0. The molecule has 2 saturated heterocycles. The number of thiophene rings is 1. The summed E-state index contributed by atoms with van der Waals surface area (Å²) in [5.41, 5.74) is 2.04. The third kappa shape index (κ3) is 4.25. The fourth-order valence-electron chi connectivity index (χ4n) is 8.94. The second-order valence-electron chi connectivity index (χ2n) is 13.7. The van der Waals surface area contributed by atoms with E-state index < -0.39 is 58.6 Å². The fraction of sp³-hybridized carbons (Fsp3) is 0.324. The van der Waals surface area contributed by atoms with Gasteiger partial charge < -0.3 is 5.11 Å². The number of carbonyl (C=O) groups is 4. The molecule has 2 N–H and O–H groups in total. The summed E-state index contributed by atoms with van der Waals surface area (Å²) in [5, 5.41) is 28.6. The standard InChI is InChI=1S/C37H33ClN4O6S/c1-5-7-18-8-6-9-22(31(18)43)30-20-11-12-21-29(35(46)42(48)33(21)44)24(20)15-25-34(45)41(36(47)37(25,30)3)28-16-26(39-40(28)4)32-17(2)23-14-19(38)10-13-27(23)49-32/h5-6,8-11,13-14,16,21,24-25,29-30,43,48H,1,7,12,15H2,2-4H3/t21-,24+,25-,29-,30+,37+/m0/s1. The summed E-state index contributed by atoms with van der Waals surface area (Å²) in [4.78, 5) is 57.9. The SMILES string of the molecule is C=CCc1cccc([C@H]2C3=CC[C@@H]4C(=O)N(O)C(=O)[C@@H]4[C@@H]3C[C@H]3C(=O)N(c4cc(-c5sc6ccc(Cl)cc6c5C)nn4C)C(=O)[C@@]23C)c1O. The molecule has 6 atom stereocenters. The van der Waals surface area contributed by atoms with Gasteiger partial charge in [-0.25, -0.2) is 4.90 Å². The lowest BCUT2D eigenvalue weighted by molar-refractivity contribution is -0.173. The van der Waals surface area contributed by atoms with Gasteiger partial charge in [0.25, 0.3) is 11.8 Å². The number of aromatic nitrogens is 2. The van der Waals surface area contributed by atoms with Gasteiger partial charge in [-0.3, -0.25) is 29.1 Å². The van der Waals surface area contributed by atoms with Gasteiger partial charge in [-0.2, -0.15) is 10.2 Å². The van der Waals surface area contributed by atoms with E-state index in [-0.39, 0.29) is 23.7 Å². The largest absolute Gasteiger partial charge is 0.507 e. The Morgan fingerprint density at radius 3 is 2.63 bits per heavy atom. The first kappa shape index (κ1) is 31.7. The van der Waals surface area contributed by atoms with Crippen LogP contribution >= 0.6 is 22.9 Å². The Bertz CT molecular complexity index is 2200. The third-order valence-corrected chi connectivity index (χ3v) is 12.8. The van der Waals surface area contributed by atoms with Crippen molar-refractivity contribution in [2.45, 2.75) is 39.0 Å². The summed E-state index contributed by atoms with van der Waals surface area (Å²) in [6.45, 7) is 7.57. The molecule has 0 radical (unpaired) electrons. The maximum absolute atomic E-state index is 14.9. The van der Waals surface area contributed by atoms with Gasteiger partial charge >= 0.3 is 0 Å². The molecule has 49 heavy (non-hydrogen) atoms. The Labute approximate surface area is 290 Å². The summed E-state index contributed by atoms with van der Waals surface area (Å²) in [7, 11) is 1.69. The molecule has 0 unspecified atom stereocenters. The molecule has 2 aromatic carbocycles. The number of phenols is 1. The number of benzene rings is 2. The minimum absolute atomic E-state index is 0.00415. The summed E-state index contributed by atoms with van der Waals surface area (Å²) < 4.78 is 2.57. The van der Waals surface area contributed by atoms with E-state index in [1.807, 2.05) is 31.2 Å². The number of allylic oxidation sites excluding steroid dienone is 3. The molecule has 4 amide bonds. The number of fused-ring (bicyclic) bond motifs is 5. The number of imide groups is 2. The van der Waals surface area contributed by atoms with Gasteiger partial charge in [0, 0.05) is 34.3 Å². The summed E-state index contributed by atoms with van der Waals surface area (Å²) in [6, 6.07) is 12.8. The number of hydrogen-bond acceptors (Lipinski definition) is 8. The van der Waals surface area contributed by atoms with Crippen molar-refractivity contribution < 1.29 is 29.5 Å². The number of anilines is 1. The zero-order valence-electron chi connectivity index (χ0n) is 27.0. The highest BCUT2D eigenvalue weighted by molar-refractivity contribution is 7.22. The monoisotopic (exact) mass is 696 g/mol. The molecule has 0 spiro atoms. The maximum Gasteiger partial charge on any atom is 0.257 e. The number of amides is 4. The van der Waals surface area contributed by atoms with Gasteiger partial charge in [0.2, 0.25) is 11.8 Å². The van der Waals surface area contributed by atoms with E-state index >= 15 is 0 Å². The van der Waals surface area contributed by atoms with Crippen molar-refractivity contribution in [2.75, 3.05) is 4.90 Å². The molecule has 2 aliphatic heterocycles. The minimum Gasteiger partial charge on any atom is -0.507 e. The first-order valence-corrected chi connectivity index (χ1v) is 17.4. The molecule has 3 fully saturated rings. The molecule has 10 nitrogen and oxygen atoms in total. The number of rotatable bonds is 5. The molecule has 8 rings (SSSR count). The van der Waals surface area contributed by atoms with Crippen LogP contribution in [0.1, 0.15) is 42.4 Å². The lowest BCUT2D eigenvalue weighted by Crippen LogP contribution is -2.48. The van der Waals surface area contributed by atoms with Crippen molar-refractivity contribution >= 4 is 62.5 Å². The van der Waals surface area contributed by atoms with Crippen LogP contribution in [0.5, 0.6) is 5.75 Å². The van der Waals surface area contributed by atoms with Crippen LogP contribution in [-0.4, -0.2) is 48.8 Å². The predicted molar refractivity (Wildman–Crippen MR) is 184 cm³/mol. The van der Waals surface area contributed by atoms with Crippen molar-refractivity contribution in [1.29, 1.82) is 0 Å². The van der Waals surface area contributed by atoms with Crippen LogP contribution in [0, 0.1) is 36.0 Å². The van der Waals surface area contributed by atoms with Crippen molar-refractivity contribution in [1.82, 2.24) is 14.8 Å². The van der Waals surface area contributed by atoms with Crippen LogP contribution in [0.3, 0.4) is 0 Å². The molecule has 4 heterocycles. The Morgan fingerprint density at radius 1 is 1.10 bits per heavy atom. The number of para-hydroxylation sites is 1. The van der Waals surface area contributed by atoms with E-state index in [0.29, 0.717) is 34.1 Å². The molecule has 12 heteroatoms. The number of halogens is 1. The molecule has 2 aromatic heterocycles. The lowest BCUT2D eigenvalue weighted by atomic mass is 9.51. The van der Waals surface area contributed by atoms with Crippen LogP contribution in [0.4, 0.5) is 5.82 Å². The van der Waals surface area contributed by atoms with E-state index in [2.05, 4.69) is 6.58 Å². The quantitative estimate of drug-likeness (QED) is 0.142. The number of hydrogen-bond donors (Lipinski definition) is 2. The van der Waals surface area contributed by atoms with Crippen molar-refractivity contribution in [3.8, 4) is 16.3 Å². The Balaban J connectivity index is 1.27. The molecular formula is C37H33ClN4O6S. The van der Waals surface area contributed by atoms with Gasteiger partial charge in [0.15, 0.2) is 0 Å². The third-order valence-electron chi connectivity index (χ3n) is 11.3. The van der Waals surface area contributed by atoms with Gasteiger partial charge in [-0.05, 0) is 73.7 Å². The number of phenolic OH excluding ortho intramolecular Hbond substituents is 1. The molecule has 4 aromatic rings. The smallest absolute Gasteiger partial charge is 0.257 e. The van der Waals surface area contributed by atoms with Crippen LogP contribution in [0.15, 0.2) is 66.8 Å². The van der Waals surface area contributed by atoms with Gasteiger partial charge in [0.05, 0.1) is 28.0 Å². The highest BCUT2D eigenvalue weighted by Crippen LogP contribution is 2.64. The number of carbonyl (C=O) groups excluding carboxylic acids is 4. The molecule has 250 valence electrons. The number of aromatic hydroxyl groups is 1. The lowest BCUT2D eigenvalue weighted by Gasteiger charge is -2.49. The molecule has 1 saturated carbocycles. The van der Waals surface area contributed by atoms with E-state index in [1.165, 1.54) is 9.58 Å². The van der Waals surface area contributed by atoms with Crippen molar-refractivity contribution in [3.05, 3.63) is 88.5 Å².